The van der Waals surface area contributed by atoms with Crippen LogP contribution in [0.15, 0.2) is 188 Å². The summed E-state index contributed by atoms with van der Waals surface area (Å²) < 4.78 is 0. The Kier molecular flexibility index (Phi) is 6.95. The van der Waals surface area contributed by atoms with E-state index in [-0.39, 0.29) is 0 Å². The molecular weight excluding hydrogens is 627 g/mol. The predicted molar refractivity (Wildman–Crippen MR) is 218 cm³/mol. The van der Waals surface area contributed by atoms with E-state index in [2.05, 4.69) is 182 Å². The lowest BCUT2D eigenvalue weighted by molar-refractivity contribution is 1.48. The third-order valence-corrected chi connectivity index (χ3v) is 10.7. The lowest BCUT2D eigenvalue weighted by atomic mass is 9.82. The van der Waals surface area contributed by atoms with Gasteiger partial charge in [-0.15, -0.1) is 0 Å². The van der Waals surface area contributed by atoms with Crippen molar-refractivity contribution in [3.05, 3.63) is 194 Å². The number of rotatable bonds is 5. The first-order valence-corrected chi connectivity index (χ1v) is 17.7. The molecule has 0 aliphatic heterocycles. The van der Waals surface area contributed by atoms with E-state index < -0.39 is 0 Å². The maximum absolute atomic E-state index is 9.47. The van der Waals surface area contributed by atoms with Crippen molar-refractivity contribution in [1.29, 1.82) is 5.26 Å². The van der Waals surface area contributed by atoms with E-state index in [1.165, 1.54) is 93.9 Å². The molecule has 1 nitrogen and oxygen atoms in total. The van der Waals surface area contributed by atoms with Crippen LogP contribution in [-0.4, -0.2) is 0 Å². The lowest BCUT2D eigenvalue weighted by Crippen LogP contribution is -1.94. The van der Waals surface area contributed by atoms with Crippen molar-refractivity contribution >= 4 is 21.5 Å². The minimum atomic E-state index is 0.666. The van der Waals surface area contributed by atoms with Gasteiger partial charge in [0, 0.05) is 0 Å². The average molecular weight is 658 g/mol. The van der Waals surface area contributed by atoms with Crippen molar-refractivity contribution in [2.45, 2.75) is 0 Å². The molecule has 0 spiro atoms. The van der Waals surface area contributed by atoms with E-state index in [1.54, 1.807) is 0 Å². The summed E-state index contributed by atoms with van der Waals surface area (Å²) in [5.74, 6) is 0. The highest BCUT2D eigenvalue weighted by Gasteiger charge is 2.31. The van der Waals surface area contributed by atoms with Gasteiger partial charge in [0.15, 0.2) is 0 Å². The summed E-state index contributed by atoms with van der Waals surface area (Å²) in [6.07, 6.45) is 0. The Morgan fingerprint density at radius 1 is 0.269 bits per heavy atom. The maximum Gasteiger partial charge on any atom is 0.0991 e. The highest BCUT2D eigenvalue weighted by Crippen LogP contribution is 2.58. The number of benzene rings is 9. The van der Waals surface area contributed by atoms with Gasteiger partial charge in [0.25, 0.3) is 0 Å². The molecule has 1 aliphatic carbocycles. The number of fused-ring (bicyclic) bond motifs is 4. The summed E-state index contributed by atoms with van der Waals surface area (Å²) in [5, 5.41) is 14.5. The standard InChI is InChI=1S/C51H31N/c52-32-33-18-20-38(21-19-33)41-30-31-46-49-42(41)16-9-17-45(49)50-47(39-26-22-36(23-27-39)34-10-3-1-4-11-34)43-14-7-8-15-44(43)48(51(46)50)40-28-24-37(25-29-40)35-12-5-2-6-13-35/h1-31H. The first-order valence-electron chi connectivity index (χ1n) is 17.7. The third kappa shape index (κ3) is 4.70. The van der Waals surface area contributed by atoms with Crippen LogP contribution in [0, 0.1) is 11.3 Å². The molecule has 0 heterocycles. The monoisotopic (exact) mass is 657 g/mol. The van der Waals surface area contributed by atoms with Crippen molar-refractivity contribution in [1.82, 2.24) is 0 Å². The SMILES string of the molecule is N#Cc1ccc(-c2ccc3c4c(cccc24)-c2c-3c(-c3ccc(-c4ccccc4)cc3)c3ccccc3c2-c2ccc(-c3ccccc3)cc2)cc1. The Morgan fingerprint density at radius 3 is 1.19 bits per heavy atom. The average Bonchev–Trinajstić information content (AvgIpc) is 3.55. The van der Waals surface area contributed by atoms with Gasteiger partial charge in [-0.1, -0.05) is 176 Å². The van der Waals surface area contributed by atoms with Gasteiger partial charge in [-0.05, 0) is 112 Å². The predicted octanol–water partition coefficient (Wildman–Crippen LogP) is 13.8. The summed E-state index contributed by atoms with van der Waals surface area (Å²) in [6.45, 7) is 0. The van der Waals surface area contributed by atoms with Crippen molar-refractivity contribution in [2.24, 2.45) is 0 Å². The number of hydrogen-bond acceptors (Lipinski definition) is 1. The van der Waals surface area contributed by atoms with Gasteiger partial charge in [0.05, 0.1) is 11.6 Å². The van der Waals surface area contributed by atoms with Crippen LogP contribution >= 0.6 is 0 Å². The molecule has 0 aromatic heterocycles. The molecule has 52 heavy (non-hydrogen) atoms. The van der Waals surface area contributed by atoms with Crippen LogP contribution in [0.4, 0.5) is 0 Å². The largest absolute Gasteiger partial charge is 0.192 e. The summed E-state index contributed by atoms with van der Waals surface area (Å²) in [5.41, 5.74) is 17.8. The fourth-order valence-corrected chi connectivity index (χ4v) is 8.30. The van der Waals surface area contributed by atoms with Crippen LogP contribution in [0.1, 0.15) is 5.56 Å². The minimum Gasteiger partial charge on any atom is -0.192 e. The van der Waals surface area contributed by atoms with E-state index >= 15 is 0 Å². The number of nitriles is 1. The quantitative estimate of drug-likeness (QED) is 0.181. The van der Waals surface area contributed by atoms with Crippen LogP contribution in [0.25, 0.3) is 99.4 Å². The Bertz CT molecular complexity index is 2710. The zero-order chi connectivity index (χ0) is 34.6. The maximum atomic E-state index is 9.47. The van der Waals surface area contributed by atoms with E-state index in [4.69, 9.17) is 0 Å². The van der Waals surface area contributed by atoms with Crippen LogP contribution in [0.3, 0.4) is 0 Å². The molecule has 10 rings (SSSR count). The van der Waals surface area contributed by atoms with E-state index in [9.17, 15) is 5.26 Å². The first-order chi connectivity index (χ1) is 25.8. The first kappa shape index (κ1) is 29.9. The number of nitrogens with zero attached hydrogens (tertiary/aromatic N) is 1. The second-order valence-electron chi connectivity index (χ2n) is 13.5. The Balaban J connectivity index is 1.27. The second kappa shape index (κ2) is 12.1. The summed E-state index contributed by atoms with van der Waals surface area (Å²) in [7, 11) is 0. The zero-order valence-corrected chi connectivity index (χ0v) is 28.3. The highest BCUT2D eigenvalue weighted by atomic mass is 14.3. The normalized spacial score (nSPS) is 11.4. The molecule has 0 unspecified atom stereocenters. The van der Waals surface area contributed by atoms with Crippen LogP contribution < -0.4 is 0 Å². The van der Waals surface area contributed by atoms with Gasteiger partial charge >= 0.3 is 0 Å². The molecule has 0 amide bonds. The molecular formula is C51H31N. The van der Waals surface area contributed by atoms with Crippen molar-refractivity contribution in [2.75, 3.05) is 0 Å². The molecule has 0 bridgehead atoms. The molecule has 1 heteroatoms. The highest BCUT2D eigenvalue weighted by molar-refractivity contribution is 6.28. The van der Waals surface area contributed by atoms with E-state index in [0.29, 0.717) is 5.56 Å². The fourth-order valence-electron chi connectivity index (χ4n) is 8.30. The van der Waals surface area contributed by atoms with Crippen LogP contribution in [0.2, 0.25) is 0 Å². The van der Waals surface area contributed by atoms with Gasteiger partial charge in [-0.3, -0.25) is 0 Å². The van der Waals surface area contributed by atoms with Crippen LogP contribution in [0.5, 0.6) is 0 Å². The fraction of sp³-hybridized carbons (Fsp3) is 0. The van der Waals surface area contributed by atoms with E-state index in [1.807, 2.05) is 12.1 Å². The smallest absolute Gasteiger partial charge is 0.0991 e. The molecule has 240 valence electrons. The molecule has 0 atom stereocenters. The summed E-state index contributed by atoms with van der Waals surface area (Å²) >= 11 is 0. The lowest BCUT2D eigenvalue weighted by Gasteiger charge is -2.21. The summed E-state index contributed by atoms with van der Waals surface area (Å²) in [6, 6.07) is 69.9. The zero-order valence-electron chi connectivity index (χ0n) is 28.3. The van der Waals surface area contributed by atoms with Crippen LogP contribution in [-0.2, 0) is 0 Å². The molecule has 0 N–H and O–H groups in total. The molecule has 0 saturated heterocycles. The Morgan fingerprint density at radius 2 is 0.673 bits per heavy atom. The van der Waals surface area contributed by atoms with Gasteiger partial charge in [0.1, 0.15) is 0 Å². The Hall–Kier alpha value is -7.01. The van der Waals surface area contributed by atoms with Gasteiger partial charge in [-0.2, -0.15) is 5.26 Å². The molecule has 9 aromatic carbocycles. The minimum absolute atomic E-state index is 0.666. The van der Waals surface area contributed by atoms with Gasteiger partial charge in [-0.25, -0.2) is 0 Å². The molecule has 9 aromatic rings. The summed E-state index contributed by atoms with van der Waals surface area (Å²) in [4.78, 5) is 0. The van der Waals surface area contributed by atoms with Gasteiger partial charge in [0.2, 0.25) is 0 Å². The van der Waals surface area contributed by atoms with Crippen molar-refractivity contribution in [3.8, 4) is 84.0 Å². The number of hydrogen-bond donors (Lipinski definition) is 0. The Labute approximate surface area is 303 Å². The molecule has 0 saturated carbocycles. The van der Waals surface area contributed by atoms with E-state index in [0.717, 1.165) is 5.56 Å². The molecule has 1 aliphatic rings. The second-order valence-corrected chi connectivity index (χ2v) is 13.5. The van der Waals surface area contributed by atoms with Gasteiger partial charge < -0.3 is 0 Å². The third-order valence-electron chi connectivity index (χ3n) is 10.7. The van der Waals surface area contributed by atoms with Crippen molar-refractivity contribution < 1.29 is 0 Å². The molecule has 0 fully saturated rings. The molecule has 0 radical (unpaired) electrons. The topological polar surface area (TPSA) is 23.8 Å². The van der Waals surface area contributed by atoms with Crippen molar-refractivity contribution in [3.63, 3.8) is 0 Å².